The highest BCUT2D eigenvalue weighted by Crippen LogP contribution is 2.29. The molecule has 0 aliphatic carbocycles. The minimum Gasteiger partial charge on any atom is -0.443 e. The molecule has 2 aromatic heterocycles. The van der Waals surface area contributed by atoms with Crippen molar-refractivity contribution in [1.82, 2.24) is 19.9 Å². The Balaban J connectivity index is 1.45. The maximum Gasteiger partial charge on any atom is 0.226 e. The van der Waals surface area contributed by atoms with Gasteiger partial charge >= 0.3 is 0 Å². The Bertz CT molecular complexity index is 1590. The Hall–Kier alpha value is -4.09. The molecule has 6 aromatic rings. The fourth-order valence-electron chi connectivity index (χ4n) is 3.80. The molecule has 0 amide bonds. The summed E-state index contributed by atoms with van der Waals surface area (Å²) in [5.74, 6) is 1.01. The average Bonchev–Trinajstić information content (AvgIpc) is 3.31. The lowest BCUT2D eigenvalue weighted by Gasteiger charge is -2.08. The Kier molecular flexibility index (Phi) is 4.40. The third kappa shape index (κ3) is 3.39. The zero-order valence-electron chi connectivity index (χ0n) is 16.7. The van der Waals surface area contributed by atoms with Crippen LogP contribution in [-0.2, 0) is 0 Å². The molecule has 152 valence electrons. The molecule has 0 fully saturated rings. The van der Waals surface area contributed by atoms with Gasteiger partial charge in [-0.15, -0.1) is 0 Å². The third-order valence-corrected chi connectivity index (χ3v) is 5.57. The molecule has 32 heavy (non-hydrogen) atoms. The van der Waals surface area contributed by atoms with Crippen molar-refractivity contribution in [2.24, 2.45) is 0 Å². The Morgan fingerprint density at radius 1 is 0.594 bits per heavy atom. The van der Waals surface area contributed by atoms with Crippen LogP contribution in [0.15, 0.2) is 95.7 Å². The van der Waals surface area contributed by atoms with Gasteiger partial charge in [0.1, 0.15) is 5.52 Å². The van der Waals surface area contributed by atoms with Gasteiger partial charge in [0.05, 0.1) is 0 Å². The van der Waals surface area contributed by atoms with Gasteiger partial charge in [0.15, 0.2) is 23.6 Å². The Morgan fingerprint density at radius 3 is 2.09 bits per heavy atom. The first-order chi connectivity index (χ1) is 15.7. The summed E-state index contributed by atoms with van der Waals surface area (Å²) < 4.78 is 5.32. The van der Waals surface area contributed by atoms with Crippen LogP contribution >= 0.6 is 11.6 Å². The van der Waals surface area contributed by atoms with Crippen LogP contribution < -0.4 is 0 Å². The topological polar surface area (TPSA) is 64.7 Å². The normalized spacial score (nSPS) is 11.3. The van der Waals surface area contributed by atoms with Crippen molar-refractivity contribution < 1.29 is 4.42 Å². The smallest absolute Gasteiger partial charge is 0.226 e. The maximum absolute atomic E-state index is 6.27. The summed E-state index contributed by atoms with van der Waals surface area (Å²) in [7, 11) is 0. The summed E-state index contributed by atoms with van der Waals surface area (Å²) >= 11 is 6.27. The standard InChI is InChI=1S/C26H15ClN4O/c27-26-30-24(29-25(31-26)20-10-11-23-22(14-20)28-15-32-23)19-9-7-17-6-8-18(12-21(17)13-19)16-4-2-1-3-5-16/h1-15H. The van der Waals surface area contributed by atoms with E-state index in [2.05, 4.69) is 62.4 Å². The van der Waals surface area contributed by atoms with Crippen LogP contribution in [0.5, 0.6) is 0 Å². The summed E-state index contributed by atoms with van der Waals surface area (Å²) in [4.78, 5) is 17.6. The molecule has 4 aromatic carbocycles. The zero-order chi connectivity index (χ0) is 21.5. The van der Waals surface area contributed by atoms with Gasteiger partial charge in [-0.05, 0) is 63.8 Å². The fourth-order valence-corrected chi connectivity index (χ4v) is 3.96. The summed E-state index contributed by atoms with van der Waals surface area (Å²) in [6.45, 7) is 0. The lowest BCUT2D eigenvalue weighted by atomic mass is 10.00. The van der Waals surface area contributed by atoms with Crippen molar-refractivity contribution in [2.75, 3.05) is 0 Å². The predicted octanol–water partition coefficient (Wildman–Crippen LogP) is 6.82. The van der Waals surface area contributed by atoms with Gasteiger partial charge in [0.2, 0.25) is 5.28 Å². The first kappa shape index (κ1) is 18.7. The van der Waals surface area contributed by atoms with Gasteiger partial charge in [-0.2, -0.15) is 9.97 Å². The molecule has 0 saturated heterocycles. The fraction of sp³-hybridized carbons (Fsp3) is 0. The van der Waals surface area contributed by atoms with Crippen molar-refractivity contribution in [3.8, 4) is 33.9 Å². The third-order valence-electron chi connectivity index (χ3n) is 5.40. The molecule has 0 unspecified atom stereocenters. The number of aromatic nitrogens is 4. The molecule has 0 saturated carbocycles. The van der Waals surface area contributed by atoms with Crippen molar-refractivity contribution in [2.45, 2.75) is 0 Å². The monoisotopic (exact) mass is 434 g/mol. The number of fused-ring (bicyclic) bond motifs is 2. The van der Waals surface area contributed by atoms with E-state index < -0.39 is 0 Å². The lowest BCUT2D eigenvalue weighted by molar-refractivity contribution is 0.602. The van der Waals surface area contributed by atoms with Crippen LogP contribution in [0, 0.1) is 0 Å². The maximum atomic E-state index is 6.27. The van der Waals surface area contributed by atoms with Crippen LogP contribution in [0.1, 0.15) is 0 Å². The predicted molar refractivity (Wildman–Crippen MR) is 126 cm³/mol. The molecule has 2 heterocycles. The highest BCUT2D eigenvalue weighted by molar-refractivity contribution is 6.28. The van der Waals surface area contributed by atoms with Crippen molar-refractivity contribution in [3.63, 3.8) is 0 Å². The molecular weight excluding hydrogens is 420 g/mol. The molecule has 0 bridgehead atoms. The van der Waals surface area contributed by atoms with Gasteiger partial charge in [0, 0.05) is 11.1 Å². The SMILES string of the molecule is Clc1nc(-c2ccc3ccc(-c4ccccc4)cc3c2)nc(-c2ccc3ocnc3c2)n1. The quantitative estimate of drug-likeness (QED) is 0.305. The molecule has 0 aliphatic heterocycles. The van der Waals surface area contributed by atoms with E-state index in [0.717, 1.165) is 33.0 Å². The van der Waals surface area contributed by atoms with E-state index in [1.807, 2.05) is 42.5 Å². The number of halogens is 1. The first-order valence-corrected chi connectivity index (χ1v) is 10.5. The first-order valence-electron chi connectivity index (χ1n) is 10.1. The number of oxazole rings is 1. The summed E-state index contributed by atoms with van der Waals surface area (Å²) in [6, 6.07) is 28.5. The second-order valence-electron chi connectivity index (χ2n) is 7.43. The van der Waals surface area contributed by atoms with Gasteiger partial charge < -0.3 is 4.42 Å². The molecule has 0 spiro atoms. The summed E-state index contributed by atoms with van der Waals surface area (Å²) in [5.41, 5.74) is 5.44. The van der Waals surface area contributed by atoms with Gasteiger partial charge in [-0.1, -0.05) is 54.6 Å². The Morgan fingerprint density at radius 2 is 1.28 bits per heavy atom. The van der Waals surface area contributed by atoms with E-state index in [9.17, 15) is 0 Å². The number of nitrogens with zero attached hydrogens (tertiary/aromatic N) is 4. The van der Waals surface area contributed by atoms with Crippen LogP contribution in [0.25, 0.3) is 55.8 Å². The van der Waals surface area contributed by atoms with E-state index in [0.29, 0.717) is 17.2 Å². The second-order valence-corrected chi connectivity index (χ2v) is 7.77. The van der Waals surface area contributed by atoms with Crippen LogP contribution in [0.2, 0.25) is 5.28 Å². The van der Waals surface area contributed by atoms with Gasteiger partial charge in [-0.3, -0.25) is 0 Å². The molecule has 0 radical (unpaired) electrons. The number of rotatable bonds is 3. The molecule has 6 rings (SSSR count). The van der Waals surface area contributed by atoms with Crippen molar-refractivity contribution >= 4 is 33.5 Å². The van der Waals surface area contributed by atoms with E-state index in [1.54, 1.807) is 0 Å². The van der Waals surface area contributed by atoms with Crippen LogP contribution in [-0.4, -0.2) is 19.9 Å². The molecule has 0 atom stereocenters. The van der Waals surface area contributed by atoms with Gasteiger partial charge in [-0.25, -0.2) is 9.97 Å². The lowest BCUT2D eigenvalue weighted by Crippen LogP contribution is -1.97. The molecule has 5 nitrogen and oxygen atoms in total. The Labute approximate surface area is 188 Å². The van der Waals surface area contributed by atoms with Crippen molar-refractivity contribution in [1.29, 1.82) is 0 Å². The highest BCUT2D eigenvalue weighted by atomic mass is 35.5. The summed E-state index contributed by atoms with van der Waals surface area (Å²) in [6.07, 6.45) is 1.42. The molecular formula is C26H15ClN4O. The number of hydrogen-bond donors (Lipinski definition) is 0. The highest BCUT2D eigenvalue weighted by Gasteiger charge is 2.12. The van der Waals surface area contributed by atoms with Crippen molar-refractivity contribution in [3.05, 3.63) is 96.6 Å². The zero-order valence-corrected chi connectivity index (χ0v) is 17.5. The molecule has 0 N–H and O–H groups in total. The van der Waals surface area contributed by atoms with Crippen LogP contribution in [0.3, 0.4) is 0 Å². The van der Waals surface area contributed by atoms with E-state index in [1.165, 1.54) is 12.0 Å². The molecule has 0 aliphatic rings. The number of hydrogen-bond acceptors (Lipinski definition) is 5. The minimum absolute atomic E-state index is 0.142. The van der Waals surface area contributed by atoms with E-state index in [-0.39, 0.29) is 5.28 Å². The van der Waals surface area contributed by atoms with E-state index >= 15 is 0 Å². The second kappa shape index (κ2) is 7.55. The van der Waals surface area contributed by atoms with Gasteiger partial charge in [0.25, 0.3) is 0 Å². The largest absolute Gasteiger partial charge is 0.443 e. The van der Waals surface area contributed by atoms with Crippen LogP contribution in [0.4, 0.5) is 0 Å². The number of benzene rings is 4. The molecule has 6 heteroatoms. The summed E-state index contributed by atoms with van der Waals surface area (Å²) in [5, 5.41) is 2.39. The van der Waals surface area contributed by atoms with E-state index in [4.69, 9.17) is 16.0 Å². The minimum atomic E-state index is 0.142. The average molecular weight is 435 g/mol.